The number of likely N-dealkylation sites (tertiary alicyclic amines) is 1. The molecule has 6 nitrogen and oxygen atoms in total. The predicted octanol–water partition coefficient (Wildman–Crippen LogP) is 5.64. The second-order valence-electron chi connectivity index (χ2n) is 8.19. The molecule has 0 spiro atoms. The zero-order valence-electron chi connectivity index (χ0n) is 18.5. The van der Waals surface area contributed by atoms with Gasteiger partial charge in [0, 0.05) is 24.3 Å². The van der Waals surface area contributed by atoms with E-state index in [1.54, 1.807) is 0 Å². The van der Waals surface area contributed by atoms with Gasteiger partial charge in [0.2, 0.25) is 5.13 Å². The fourth-order valence-corrected chi connectivity index (χ4v) is 4.81. The quantitative estimate of drug-likeness (QED) is 0.264. The van der Waals surface area contributed by atoms with E-state index in [9.17, 15) is 0 Å². The average Bonchev–Trinajstić information content (AvgIpc) is 3.30. The Morgan fingerprint density at radius 3 is 2.78 bits per heavy atom. The Morgan fingerprint density at radius 1 is 1.09 bits per heavy atom. The number of nitrogens with one attached hydrogen (secondary N) is 2. The number of anilines is 2. The molecular weight excluding hydrogens is 438 g/mol. The summed E-state index contributed by atoms with van der Waals surface area (Å²) in [7, 11) is 0. The van der Waals surface area contributed by atoms with E-state index in [1.165, 1.54) is 54.8 Å². The lowest BCUT2D eigenvalue weighted by molar-refractivity contribution is 0.220. The van der Waals surface area contributed by atoms with Gasteiger partial charge in [0.05, 0.1) is 6.61 Å². The van der Waals surface area contributed by atoms with Crippen molar-refractivity contribution in [3.05, 3.63) is 53.6 Å². The molecule has 1 aliphatic heterocycles. The van der Waals surface area contributed by atoms with Gasteiger partial charge in [-0.05, 0) is 69.1 Å². The van der Waals surface area contributed by atoms with Gasteiger partial charge in [-0.15, -0.1) is 10.2 Å². The van der Waals surface area contributed by atoms with Gasteiger partial charge >= 0.3 is 0 Å². The molecule has 1 aliphatic rings. The van der Waals surface area contributed by atoms with Crippen LogP contribution in [0, 0.1) is 6.92 Å². The van der Waals surface area contributed by atoms with Gasteiger partial charge in [-0.3, -0.25) is 4.90 Å². The lowest BCUT2D eigenvalue weighted by atomic mass is 10.1. The highest BCUT2D eigenvalue weighted by Crippen LogP contribution is 2.33. The van der Waals surface area contributed by atoms with Crippen LogP contribution in [0.25, 0.3) is 10.6 Å². The second-order valence-corrected chi connectivity index (χ2v) is 9.39. The number of hydrogen-bond donors (Lipinski definition) is 3. The summed E-state index contributed by atoms with van der Waals surface area (Å²) < 4.78 is 8.78. The third kappa shape index (κ3) is 6.37. The molecule has 2 aromatic carbocycles. The predicted molar refractivity (Wildman–Crippen MR) is 137 cm³/mol. The Kier molecular flexibility index (Phi) is 8.25. The maximum Gasteiger partial charge on any atom is 0.215 e. The summed E-state index contributed by atoms with van der Waals surface area (Å²) in [5, 5.41) is 13.5. The first-order valence-corrected chi connectivity index (χ1v) is 12.5. The van der Waals surface area contributed by atoms with Gasteiger partial charge in [0.25, 0.3) is 0 Å². The number of piperidine rings is 1. The number of aromatic nitrogens is 2. The van der Waals surface area contributed by atoms with E-state index in [-0.39, 0.29) is 0 Å². The number of benzene rings is 2. The summed E-state index contributed by atoms with van der Waals surface area (Å²) in [6.45, 7) is 7.01. The lowest BCUT2D eigenvalue weighted by Crippen LogP contribution is -2.29. The molecule has 0 amide bonds. The number of hydrogen-bond acceptors (Lipinski definition) is 8. The molecule has 32 heavy (non-hydrogen) atoms. The zero-order chi connectivity index (χ0) is 22.2. The molecule has 0 radical (unpaired) electrons. The molecule has 0 saturated carbocycles. The summed E-state index contributed by atoms with van der Waals surface area (Å²) in [4.78, 5) is 2.54. The van der Waals surface area contributed by atoms with Crippen LogP contribution in [-0.4, -0.2) is 41.3 Å². The number of aryl methyl sites for hydroxylation is 1. The van der Waals surface area contributed by atoms with Gasteiger partial charge in [-0.25, -0.2) is 0 Å². The third-order valence-electron chi connectivity index (χ3n) is 5.58. The minimum absolute atomic E-state index is 0.674. The summed E-state index contributed by atoms with van der Waals surface area (Å²) >= 11 is 5.54. The molecule has 2 N–H and O–H groups in total. The normalized spacial score (nSPS) is 14.3. The fraction of sp³-hybridized carbons (Fsp3) is 0.417. The number of ether oxygens (including phenoxy) is 1. The highest BCUT2D eigenvalue weighted by atomic mass is 32.1. The van der Waals surface area contributed by atoms with E-state index in [0.717, 1.165) is 41.5 Å². The molecule has 2 heterocycles. The van der Waals surface area contributed by atoms with Gasteiger partial charge in [0.15, 0.2) is 5.01 Å². The van der Waals surface area contributed by atoms with Crippen molar-refractivity contribution < 1.29 is 4.74 Å². The Balaban J connectivity index is 1.27. The van der Waals surface area contributed by atoms with Gasteiger partial charge in [-0.1, -0.05) is 54.3 Å². The van der Waals surface area contributed by atoms with Crippen LogP contribution in [0.3, 0.4) is 0 Å². The SMILES string of the molecule is Cc1ccc(NCCCOc2cccc(CN3CCCCC3)c2)c(-c2nnc(NS)s2)c1. The molecule has 1 fully saturated rings. The lowest BCUT2D eigenvalue weighted by Gasteiger charge is -2.26. The van der Waals surface area contributed by atoms with Crippen LogP contribution >= 0.6 is 24.2 Å². The topological polar surface area (TPSA) is 62.3 Å². The minimum Gasteiger partial charge on any atom is -0.494 e. The second kappa shape index (κ2) is 11.5. The van der Waals surface area contributed by atoms with Crippen molar-refractivity contribution in [1.82, 2.24) is 15.1 Å². The van der Waals surface area contributed by atoms with Crippen molar-refractivity contribution in [3.8, 4) is 16.3 Å². The van der Waals surface area contributed by atoms with Gasteiger partial charge < -0.3 is 14.8 Å². The largest absolute Gasteiger partial charge is 0.494 e. The molecule has 1 aromatic heterocycles. The van der Waals surface area contributed by atoms with E-state index >= 15 is 0 Å². The monoisotopic (exact) mass is 469 g/mol. The summed E-state index contributed by atoms with van der Waals surface area (Å²) in [6, 6.07) is 14.9. The van der Waals surface area contributed by atoms with E-state index in [1.807, 2.05) is 6.07 Å². The first kappa shape index (κ1) is 22.9. The van der Waals surface area contributed by atoms with Gasteiger partial charge in [-0.2, -0.15) is 0 Å². The first-order chi connectivity index (χ1) is 15.7. The third-order valence-corrected chi connectivity index (χ3v) is 6.82. The fourth-order valence-electron chi connectivity index (χ4n) is 3.96. The number of rotatable bonds is 10. The van der Waals surface area contributed by atoms with E-state index < -0.39 is 0 Å². The summed E-state index contributed by atoms with van der Waals surface area (Å²) in [6.07, 6.45) is 4.91. The number of nitrogens with zero attached hydrogens (tertiary/aromatic N) is 3. The van der Waals surface area contributed by atoms with E-state index in [4.69, 9.17) is 4.74 Å². The molecule has 0 atom stereocenters. The molecule has 0 unspecified atom stereocenters. The number of thiol groups is 1. The molecule has 0 bridgehead atoms. The zero-order valence-corrected chi connectivity index (χ0v) is 20.2. The van der Waals surface area contributed by atoms with Gasteiger partial charge in [0.1, 0.15) is 5.75 Å². The van der Waals surface area contributed by atoms with Crippen molar-refractivity contribution >= 4 is 35.0 Å². The molecule has 8 heteroatoms. The van der Waals surface area contributed by atoms with Crippen molar-refractivity contribution in [1.29, 1.82) is 0 Å². The standard InChI is InChI=1S/C24H31N5OS2/c1-18-9-10-22(21(15-18)23-26-27-24(28-31)32-23)25-11-6-14-30-20-8-5-7-19(16-20)17-29-12-3-2-4-13-29/h5,7-10,15-16,25,31H,2-4,6,11-14,17H2,1H3,(H,27,28). The molecule has 1 saturated heterocycles. The maximum atomic E-state index is 6.03. The average molecular weight is 470 g/mol. The first-order valence-electron chi connectivity index (χ1n) is 11.2. The molecule has 0 aliphatic carbocycles. The van der Waals surface area contributed by atoms with Crippen LogP contribution < -0.4 is 14.8 Å². The van der Waals surface area contributed by atoms with Crippen LogP contribution in [0.15, 0.2) is 42.5 Å². The molecule has 3 aromatic rings. The van der Waals surface area contributed by atoms with Crippen LogP contribution in [0.2, 0.25) is 0 Å². The Labute approximate surface area is 200 Å². The van der Waals surface area contributed by atoms with Crippen LogP contribution in [0.4, 0.5) is 10.8 Å². The minimum atomic E-state index is 0.674. The molecular formula is C24H31N5OS2. The van der Waals surface area contributed by atoms with Crippen molar-refractivity contribution in [3.63, 3.8) is 0 Å². The highest BCUT2D eigenvalue weighted by Gasteiger charge is 2.12. The van der Waals surface area contributed by atoms with Crippen molar-refractivity contribution in [2.24, 2.45) is 0 Å². The van der Waals surface area contributed by atoms with E-state index in [2.05, 4.69) is 81.3 Å². The van der Waals surface area contributed by atoms with Crippen molar-refractivity contribution in [2.75, 3.05) is 36.3 Å². The molecule has 4 rings (SSSR count). The summed E-state index contributed by atoms with van der Waals surface area (Å²) in [5.74, 6) is 0.955. The Bertz CT molecular complexity index is 1000. The van der Waals surface area contributed by atoms with Crippen molar-refractivity contribution in [2.45, 2.75) is 39.2 Å². The molecule has 170 valence electrons. The van der Waals surface area contributed by atoms with Crippen LogP contribution in [0.1, 0.15) is 36.8 Å². The summed E-state index contributed by atoms with van der Waals surface area (Å²) in [5.41, 5.74) is 4.64. The Morgan fingerprint density at radius 2 is 1.97 bits per heavy atom. The smallest absolute Gasteiger partial charge is 0.215 e. The van der Waals surface area contributed by atoms with Crippen LogP contribution in [0.5, 0.6) is 5.75 Å². The Hall–Kier alpha value is -2.29. The van der Waals surface area contributed by atoms with E-state index in [0.29, 0.717) is 11.7 Å². The van der Waals surface area contributed by atoms with Crippen LogP contribution in [-0.2, 0) is 6.54 Å². The highest BCUT2D eigenvalue weighted by molar-refractivity contribution is 7.82. The maximum absolute atomic E-state index is 6.03.